The number of ether oxygens (including phenoxy) is 1. The Morgan fingerprint density at radius 2 is 2.46 bits per heavy atom. The quantitative estimate of drug-likeness (QED) is 0.723. The van der Waals surface area contributed by atoms with Crippen LogP contribution in [-0.2, 0) is 10.3 Å². The van der Waals surface area contributed by atoms with Gasteiger partial charge in [-0.05, 0) is 18.9 Å². The van der Waals surface area contributed by atoms with Crippen molar-refractivity contribution in [1.82, 2.24) is 10.2 Å². The third-order valence-corrected chi connectivity index (χ3v) is 2.38. The first-order valence-electron chi connectivity index (χ1n) is 4.02. The topological polar surface area (TPSA) is 75.2 Å². The molecular weight excluding hydrogens is 172 g/mol. The molecule has 0 radical (unpaired) electrons. The minimum Gasteiger partial charge on any atom is -0.476 e. The first-order valence-corrected chi connectivity index (χ1v) is 4.02. The van der Waals surface area contributed by atoms with Crippen LogP contribution in [0.25, 0.3) is 0 Å². The molecule has 5 nitrogen and oxygen atoms in total. The molecule has 1 heterocycles. The van der Waals surface area contributed by atoms with Gasteiger partial charge in [0.1, 0.15) is 5.60 Å². The number of hydrogen-bond donors (Lipinski definition) is 2. The maximum absolute atomic E-state index is 10.5. The number of aromatic nitrogens is 2. The van der Waals surface area contributed by atoms with E-state index in [1.807, 2.05) is 0 Å². The lowest BCUT2D eigenvalue weighted by atomic mass is 10.2. The fourth-order valence-corrected chi connectivity index (χ4v) is 1.36. The second kappa shape index (κ2) is 2.56. The summed E-state index contributed by atoms with van der Waals surface area (Å²) >= 11 is 0. The smallest absolute Gasteiger partial charge is 0.356 e. The summed E-state index contributed by atoms with van der Waals surface area (Å²) in [4.78, 5) is 10.5. The lowest BCUT2D eigenvalue weighted by molar-refractivity contribution is 0.0690. The number of aromatic amines is 1. The number of nitrogens with one attached hydrogen (secondary N) is 1. The average molecular weight is 182 g/mol. The standard InChI is InChI=1S/C8H10N2O3/c1-13-8(2-3-8)6-4-5(7(11)12)9-10-6/h4H,2-3H2,1H3,(H,9,10)(H,11,12). The van der Waals surface area contributed by atoms with Gasteiger partial charge in [0.05, 0.1) is 5.69 Å². The zero-order chi connectivity index (χ0) is 9.47. The van der Waals surface area contributed by atoms with Gasteiger partial charge in [0.2, 0.25) is 0 Å². The molecule has 13 heavy (non-hydrogen) atoms. The predicted octanol–water partition coefficient (Wildman–Crippen LogP) is 0.743. The van der Waals surface area contributed by atoms with Crippen molar-refractivity contribution in [3.8, 4) is 0 Å². The Hall–Kier alpha value is -1.36. The maximum atomic E-state index is 10.5. The number of carboxylic acid groups (broad SMARTS) is 1. The van der Waals surface area contributed by atoms with Crippen molar-refractivity contribution in [2.75, 3.05) is 7.11 Å². The average Bonchev–Trinajstić information content (AvgIpc) is 2.75. The van der Waals surface area contributed by atoms with Gasteiger partial charge in [-0.15, -0.1) is 0 Å². The van der Waals surface area contributed by atoms with E-state index in [0.717, 1.165) is 18.5 Å². The van der Waals surface area contributed by atoms with Crippen LogP contribution < -0.4 is 0 Å². The summed E-state index contributed by atoms with van der Waals surface area (Å²) in [6, 6.07) is 1.53. The molecule has 1 aliphatic carbocycles. The Labute approximate surface area is 74.7 Å². The fraction of sp³-hybridized carbons (Fsp3) is 0.500. The number of hydrogen-bond acceptors (Lipinski definition) is 3. The number of nitrogens with zero attached hydrogens (tertiary/aromatic N) is 1. The largest absolute Gasteiger partial charge is 0.476 e. The molecule has 0 bridgehead atoms. The molecule has 70 valence electrons. The molecule has 1 aliphatic rings. The van der Waals surface area contributed by atoms with E-state index in [2.05, 4.69) is 10.2 Å². The van der Waals surface area contributed by atoms with Crippen LogP contribution >= 0.6 is 0 Å². The van der Waals surface area contributed by atoms with Crippen molar-refractivity contribution in [3.05, 3.63) is 17.5 Å². The van der Waals surface area contributed by atoms with Crippen molar-refractivity contribution in [3.63, 3.8) is 0 Å². The highest BCUT2D eigenvalue weighted by Crippen LogP contribution is 2.47. The minimum atomic E-state index is -1.02. The third kappa shape index (κ3) is 1.21. The molecule has 1 aromatic heterocycles. The Kier molecular flexibility index (Phi) is 1.63. The minimum absolute atomic E-state index is 0.0401. The second-order valence-corrected chi connectivity index (χ2v) is 3.17. The van der Waals surface area contributed by atoms with E-state index in [-0.39, 0.29) is 11.3 Å². The van der Waals surface area contributed by atoms with Crippen LogP contribution in [-0.4, -0.2) is 28.4 Å². The van der Waals surface area contributed by atoms with Gasteiger partial charge in [-0.1, -0.05) is 0 Å². The van der Waals surface area contributed by atoms with E-state index in [1.165, 1.54) is 6.07 Å². The fourth-order valence-electron chi connectivity index (χ4n) is 1.36. The first-order chi connectivity index (χ1) is 6.18. The van der Waals surface area contributed by atoms with Gasteiger partial charge in [-0.3, -0.25) is 5.10 Å². The van der Waals surface area contributed by atoms with Gasteiger partial charge >= 0.3 is 5.97 Å². The maximum Gasteiger partial charge on any atom is 0.356 e. The normalized spacial score (nSPS) is 18.5. The first kappa shape index (κ1) is 8.25. The number of methoxy groups -OCH3 is 1. The molecule has 5 heteroatoms. The highest BCUT2D eigenvalue weighted by atomic mass is 16.5. The van der Waals surface area contributed by atoms with Crippen LogP contribution in [0.15, 0.2) is 6.07 Å². The van der Waals surface area contributed by atoms with Crippen molar-refractivity contribution in [1.29, 1.82) is 0 Å². The monoisotopic (exact) mass is 182 g/mol. The van der Waals surface area contributed by atoms with E-state index in [0.29, 0.717) is 0 Å². The molecule has 2 rings (SSSR count). The number of H-pyrrole nitrogens is 1. The van der Waals surface area contributed by atoms with Crippen molar-refractivity contribution in [2.24, 2.45) is 0 Å². The molecule has 0 atom stereocenters. The lowest BCUT2D eigenvalue weighted by Gasteiger charge is -2.08. The van der Waals surface area contributed by atoms with Crippen LogP contribution in [0.3, 0.4) is 0 Å². The van der Waals surface area contributed by atoms with Gasteiger partial charge in [0.25, 0.3) is 0 Å². The van der Waals surface area contributed by atoms with E-state index in [1.54, 1.807) is 7.11 Å². The van der Waals surface area contributed by atoms with E-state index in [9.17, 15) is 4.79 Å². The Morgan fingerprint density at radius 3 is 2.85 bits per heavy atom. The van der Waals surface area contributed by atoms with Crippen LogP contribution in [0.1, 0.15) is 29.0 Å². The molecule has 0 amide bonds. The van der Waals surface area contributed by atoms with Crippen LogP contribution in [0, 0.1) is 0 Å². The van der Waals surface area contributed by atoms with E-state index >= 15 is 0 Å². The molecule has 1 fully saturated rings. The lowest BCUT2D eigenvalue weighted by Crippen LogP contribution is -2.09. The summed E-state index contributed by atoms with van der Waals surface area (Å²) in [5.74, 6) is -1.02. The van der Waals surface area contributed by atoms with Gasteiger partial charge in [0.15, 0.2) is 5.69 Å². The summed E-state index contributed by atoms with van der Waals surface area (Å²) < 4.78 is 5.26. The molecule has 0 unspecified atom stereocenters. The molecule has 0 aromatic carbocycles. The molecular formula is C8H10N2O3. The van der Waals surface area contributed by atoms with Crippen molar-refractivity contribution >= 4 is 5.97 Å². The summed E-state index contributed by atoms with van der Waals surface area (Å²) in [7, 11) is 1.62. The number of carboxylic acids is 1. The Morgan fingerprint density at radius 1 is 1.77 bits per heavy atom. The van der Waals surface area contributed by atoms with Crippen LogP contribution in [0.2, 0.25) is 0 Å². The third-order valence-electron chi connectivity index (χ3n) is 2.38. The highest BCUT2D eigenvalue weighted by molar-refractivity contribution is 5.85. The number of rotatable bonds is 3. The van der Waals surface area contributed by atoms with Crippen LogP contribution in [0.5, 0.6) is 0 Å². The van der Waals surface area contributed by atoms with Gasteiger partial charge < -0.3 is 9.84 Å². The SMILES string of the molecule is COC1(c2cc(C(=O)O)n[nH]2)CC1. The molecule has 0 aliphatic heterocycles. The van der Waals surface area contributed by atoms with E-state index < -0.39 is 5.97 Å². The van der Waals surface area contributed by atoms with Gasteiger partial charge in [-0.2, -0.15) is 5.10 Å². The molecule has 1 aromatic rings. The molecule has 1 saturated carbocycles. The van der Waals surface area contributed by atoms with E-state index in [4.69, 9.17) is 9.84 Å². The zero-order valence-corrected chi connectivity index (χ0v) is 7.20. The number of aromatic carboxylic acids is 1. The van der Waals surface area contributed by atoms with Gasteiger partial charge in [-0.25, -0.2) is 4.79 Å². The second-order valence-electron chi connectivity index (χ2n) is 3.17. The summed E-state index contributed by atoms with van der Waals surface area (Å²) in [6.45, 7) is 0. The summed E-state index contributed by atoms with van der Waals surface area (Å²) in [6.07, 6.45) is 1.84. The number of carbonyl (C=O) groups is 1. The molecule has 0 spiro atoms. The predicted molar refractivity (Wildman–Crippen MR) is 43.5 cm³/mol. The Bertz CT molecular complexity index is 341. The molecule has 0 saturated heterocycles. The summed E-state index contributed by atoms with van der Waals surface area (Å²) in [5.41, 5.74) is 0.506. The summed E-state index contributed by atoms with van der Waals surface area (Å²) in [5, 5.41) is 15.0. The highest BCUT2D eigenvalue weighted by Gasteiger charge is 2.46. The van der Waals surface area contributed by atoms with Gasteiger partial charge in [0, 0.05) is 7.11 Å². The Balaban J connectivity index is 2.28. The van der Waals surface area contributed by atoms with Crippen molar-refractivity contribution < 1.29 is 14.6 Å². The zero-order valence-electron chi connectivity index (χ0n) is 7.20. The van der Waals surface area contributed by atoms with Crippen LogP contribution in [0.4, 0.5) is 0 Å². The molecule has 2 N–H and O–H groups in total. The van der Waals surface area contributed by atoms with Crippen molar-refractivity contribution in [2.45, 2.75) is 18.4 Å².